The van der Waals surface area contributed by atoms with Gasteiger partial charge in [0.05, 0.1) is 10.2 Å². The maximum absolute atomic E-state index is 12.6. The second kappa shape index (κ2) is 10.5. The van der Waals surface area contributed by atoms with Crippen molar-refractivity contribution in [1.29, 1.82) is 10.5 Å². The molecule has 0 atom stereocenters. The number of benzene rings is 2. The smallest absolute Gasteiger partial charge is 0.266 e. The maximum Gasteiger partial charge on any atom is 0.266 e. The third kappa shape index (κ3) is 5.97. The van der Waals surface area contributed by atoms with E-state index in [0.29, 0.717) is 32.9 Å². The van der Waals surface area contributed by atoms with Crippen LogP contribution in [0.3, 0.4) is 0 Å². The molecule has 148 valence electrons. The Kier molecular flexibility index (Phi) is 8.05. The van der Waals surface area contributed by atoms with E-state index in [1.54, 1.807) is 12.1 Å². The number of amides is 1. The van der Waals surface area contributed by atoms with Gasteiger partial charge in [-0.05, 0) is 84.3 Å². The average molecular weight is 501 g/mol. The number of nitrogens with zero attached hydrogens (tertiary/aromatic N) is 2. The van der Waals surface area contributed by atoms with E-state index in [9.17, 15) is 10.1 Å². The van der Waals surface area contributed by atoms with E-state index >= 15 is 0 Å². The van der Waals surface area contributed by atoms with E-state index < -0.39 is 5.91 Å². The standard InChI is InChI=1S/C22H20IN3O3/c1-4-28-20-12-16(11-18(23)21(20)29-8-7-24)10-17(13-25)22(27)26-19-9-14(2)5-6-15(19)3/h5-6,9-12H,4,8H2,1-3H3,(H,26,27)/b17-10+. The molecule has 6 nitrogen and oxygen atoms in total. The highest BCUT2D eigenvalue weighted by atomic mass is 127. The van der Waals surface area contributed by atoms with Crippen molar-refractivity contribution in [3.8, 4) is 23.6 Å². The molecule has 0 aliphatic carbocycles. The quantitative estimate of drug-likeness (QED) is 0.336. The number of rotatable bonds is 7. The van der Waals surface area contributed by atoms with E-state index in [1.807, 2.05) is 51.1 Å². The number of carbonyl (C=O) groups is 1. The molecule has 0 bridgehead atoms. The van der Waals surface area contributed by atoms with Crippen LogP contribution in [0.2, 0.25) is 0 Å². The van der Waals surface area contributed by atoms with Gasteiger partial charge in [-0.3, -0.25) is 4.79 Å². The van der Waals surface area contributed by atoms with Crippen LogP contribution in [0.25, 0.3) is 6.08 Å². The molecule has 0 fully saturated rings. The fraction of sp³-hybridized carbons (Fsp3) is 0.227. The summed E-state index contributed by atoms with van der Waals surface area (Å²) in [6.45, 7) is 5.96. The Morgan fingerprint density at radius 1 is 1.21 bits per heavy atom. The van der Waals surface area contributed by atoms with Gasteiger partial charge in [0.1, 0.15) is 17.7 Å². The molecule has 0 spiro atoms. The number of hydrogen-bond donors (Lipinski definition) is 1. The summed E-state index contributed by atoms with van der Waals surface area (Å²) in [5.41, 5.74) is 3.18. The van der Waals surface area contributed by atoms with Crippen LogP contribution in [-0.4, -0.2) is 19.1 Å². The number of anilines is 1. The summed E-state index contributed by atoms with van der Waals surface area (Å²) < 4.78 is 11.8. The minimum atomic E-state index is -0.487. The van der Waals surface area contributed by atoms with E-state index in [1.165, 1.54) is 6.08 Å². The van der Waals surface area contributed by atoms with Gasteiger partial charge in [0, 0.05) is 5.69 Å². The summed E-state index contributed by atoms with van der Waals surface area (Å²) >= 11 is 2.07. The van der Waals surface area contributed by atoms with Crippen LogP contribution in [0.15, 0.2) is 35.9 Å². The monoisotopic (exact) mass is 501 g/mol. The molecule has 1 amide bonds. The molecule has 2 rings (SSSR count). The number of nitrogens with one attached hydrogen (secondary N) is 1. The molecule has 0 heterocycles. The van der Waals surface area contributed by atoms with Gasteiger partial charge in [0.25, 0.3) is 5.91 Å². The largest absolute Gasteiger partial charge is 0.490 e. The lowest BCUT2D eigenvalue weighted by molar-refractivity contribution is -0.112. The first-order valence-electron chi connectivity index (χ1n) is 8.86. The Morgan fingerprint density at radius 3 is 2.62 bits per heavy atom. The normalized spacial score (nSPS) is 10.6. The van der Waals surface area contributed by atoms with Crippen molar-refractivity contribution in [1.82, 2.24) is 0 Å². The molecular weight excluding hydrogens is 481 g/mol. The number of halogens is 1. The van der Waals surface area contributed by atoms with Crippen LogP contribution in [0.5, 0.6) is 11.5 Å². The molecule has 2 aromatic rings. The molecule has 0 unspecified atom stereocenters. The fourth-order valence-corrected chi connectivity index (χ4v) is 3.34. The summed E-state index contributed by atoms with van der Waals surface area (Å²) in [6, 6.07) is 13.1. The van der Waals surface area contributed by atoms with E-state index in [4.69, 9.17) is 14.7 Å². The van der Waals surface area contributed by atoms with E-state index in [0.717, 1.165) is 11.1 Å². The Bertz CT molecular complexity index is 1030. The van der Waals surface area contributed by atoms with Crippen molar-refractivity contribution in [2.24, 2.45) is 0 Å². The van der Waals surface area contributed by atoms with Crippen LogP contribution < -0.4 is 14.8 Å². The third-order valence-corrected chi connectivity index (χ3v) is 4.73. The highest BCUT2D eigenvalue weighted by Gasteiger charge is 2.15. The Balaban J connectivity index is 2.36. The zero-order valence-corrected chi connectivity index (χ0v) is 18.5. The lowest BCUT2D eigenvalue weighted by Crippen LogP contribution is -2.14. The highest BCUT2D eigenvalue weighted by molar-refractivity contribution is 14.1. The van der Waals surface area contributed by atoms with Gasteiger partial charge in [0.2, 0.25) is 0 Å². The molecule has 0 aliphatic rings. The number of ether oxygens (including phenoxy) is 2. The Morgan fingerprint density at radius 2 is 1.97 bits per heavy atom. The van der Waals surface area contributed by atoms with Gasteiger partial charge in [-0.2, -0.15) is 10.5 Å². The van der Waals surface area contributed by atoms with Crippen molar-refractivity contribution >= 4 is 40.3 Å². The van der Waals surface area contributed by atoms with Crippen LogP contribution in [0.4, 0.5) is 5.69 Å². The van der Waals surface area contributed by atoms with Crippen molar-refractivity contribution in [2.75, 3.05) is 18.5 Å². The molecule has 0 radical (unpaired) electrons. The van der Waals surface area contributed by atoms with Crippen molar-refractivity contribution in [2.45, 2.75) is 20.8 Å². The summed E-state index contributed by atoms with van der Waals surface area (Å²) in [4.78, 5) is 12.6. The predicted molar refractivity (Wildman–Crippen MR) is 120 cm³/mol. The van der Waals surface area contributed by atoms with Gasteiger partial charge in [-0.15, -0.1) is 0 Å². The SMILES string of the molecule is CCOc1cc(/C=C(\C#N)C(=O)Nc2cc(C)ccc2C)cc(I)c1OCC#N. The third-order valence-electron chi connectivity index (χ3n) is 3.93. The summed E-state index contributed by atoms with van der Waals surface area (Å²) in [6.07, 6.45) is 1.50. The lowest BCUT2D eigenvalue weighted by atomic mass is 10.1. The molecule has 1 N–H and O–H groups in total. The molecule has 7 heteroatoms. The zero-order valence-electron chi connectivity index (χ0n) is 16.4. The second-order valence-electron chi connectivity index (χ2n) is 6.15. The Labute approximate surface area is 183 Å². The molecular formula is C22H20IN3O3. The van der Waals surface area contributed by atoms with Crippen molar-refractivity contribution in [3.63, 3.8) is 0 Å². The molecule has 0 saturated heterocycles. The van der Waals surface area contributed by atoms with Gasteiger partial charge in [-0.1, -0.05) is 12.1 Å². The zero-order chi connectivity index (χ0) is 21.4. The summed E-state index contributed by atoms with van der Waals surface area (Å²) in [5, 5.41) is 21.0. The maximum atomic E-state index is 12.6. The topological polar surface area (TPSA) is 95.1 Å². The number of aryl methyl sites for hydroxylation is 2. The minimum Gasteiger partial charge on any atom is -0.490 e. The highest BCUT2D eigenvalue weighted by Crippen LogP contribution is 2.35. The first kappa shape index (κ1) is 22.3. The summed E-state index contributed by atoms with van der Waals surface area (Å²) in [7, 11) is 0. The summed E-state index contributed by atoms with van der Waals surface area (Å²) in [5.74, 6) is 0.427. The van der Waals surface area contributed by atoms with Crippen LogP contribution >= 0.6 is 22.6 Å². The fourth-order valence-electron chi connectivity index (χ4n) is 2.55. The van der Waals surface area contributed by atoms with Gasteiger partial charge in [0.15, 0.2) is 18.1 Å². The number of carbonyl (C=O) groups excluding carboxylic acids is 1. The second-order valence-corrected chi connectivity index (χ2v) is 7.31. The van der Waals surface area contributed by atoms with Crippen LogP contribution in [0, 0.1) is 40.1 Å². The molecule has 0 aromatic heterocycles. The van der Waals surface area contributed by atoms with Crippen molar-refractivity contribution in [3.05, 3.63) is 56.2 Å². The van der Waals surface area contributed by atoms with Gasteiger partial charge >= 0.3 is 0 Å². The number of nitriles is 2. The molecule has 2 aromatic carbocycles. The molecule has 0 aliphatic heterocycles. The predicted octanol–water partition coefficient (Wildman–Crippen LogP) is 4.75. The average Bonchev–Trinajstić information content (AvgIpc) is 2.68. The van der Waals surface area contributed by atoms with E-state index in [2.05, 4.69) is 27.9 Å². The number of hydrogen-bond acceptors (Lipinski definition) is 5. The Hall–Kier alpha value is -3.04. The van der Waals surface area contributed by atoms with Crippen LogP contribution in [-0.2, 0) is 4.79 Å². The van der Waals surface area contributed by atoms with Crippen LogP contribution in [0.1, 0.15) is 23.6 Å². The minimum absolute atomic E-state index is 0.0325. The van der Waals surface area contributed by atoms with Crippen molar-refractivity contribution < 1.29 is 14.3 Å². The van der Waals surface area contributed by atoms with Gasteiger partial charge < -0.3 is 14.8 Å². The van der Waals surface area contributed by atoms with E-state index in [-0.39, 0.29) is 12.2 Å². The molecule has 29 heavy (non-hydrogen) atoms. The molecule has 0 saturated carbocycles. The van der Waals surface area contributed by atoms with Gasteiger partial charge in [-0.25, -0.2) is 0 Å². The first-order chi connectivity index (χ1) is 13.9. The lowest BCUT2D eigenvalue weighted by Gasteiger charge is -2.13. The first-order valence-corrected chi connectivity index (χ1v) is 9.94.